The lowest BCUT2D eigenvalue weighted by Gasteiger charge is -2.20. The van der Waals surface area contributed by atoms with Gasteiger partial charge in [-0.2, -0.15) is 5.26 Å². The number of aromatic nitrogens is 1. The standard InChI is InChI=1S/C24H27N3O4/c1-2-22(28)31-19-12-10-18(11-13-19)26-23(29)20-16-17-8-5-3-4-6-9-21(17)27(24(20)30)15-7-14-25/h10-13,16H,2-9,15H2,1H3,(H,26,29). The summed E-state index contributed by atoms with van der Waals surface area (Å²) in [5.74, 6) is -0.431. The summed E-state index contributed by atoms with van der Waals surface area (Å²) < 4.78 is 6.75. The number of hydrogen-bond acceptors (Lipinski definition) is 5. The molecule has 0 atom stereocenters. The molecule has 7 heteroatoms. The zero-order valence-corrected chi connectivity index (χ0v) is 17.8. The number of nitrogens with zero attached hydrogens (tertiary/aromatic N) is 2. The van der Waals surface area contributed by atoms with E-state index in [2.05, 4.69) is 11.4 Å². The van der Waals surface area contributed by atoms with E-state index in [4.69, 9.17) is 10.00 Å². The number of carbonyl (C=O) groups excluding carboxylic acids is 2. The van der Waals surface area contributed by atoms with E-state index in [1.54, 1.807) is 41.8 Å². The van der Waals surface area contributed by atoms with Crippen molar-refractivity contribution in [2.24, 2.45) is 0 Å². The van der Waals surface area contributed by atoms with Crippen LogP contribution in [0.15, 0.2) is 35.1 Å². The van der Waals surface area contributed by atoms with E-state index in [0.717, 1.165) is 49.8 Å². The van der Waals surface area contributed by atoms with Gasteiger partial charge in [0.25, 0.3) is 11.5 Å². The summed E-state index contributed by atoms with van der Waals surface area (Å²) in [4.78, 5) is 37.4. The van der Waals surface area contributed by atoms with Crippen molar-refractivity contribution in [1.29, 1.82) is 5.26 Å². The van der Waals surface area contributed by atoms with Crippen LogP contribution in [0.3, 0.4) is 0 Å². The third-order valence-electron chi connectivity index (χ3n) is 5.42. The van der Waals surface area contributed by atoms with Crippen LogP contribution in [0.4, 0.5) is 5.69 Å². The second-order valence-corrected chi connectivity index (χ2v) is 7.62. The molecule has 0 bridgehead atoms. The molecule has 0 saturated heterocycles. The molecule has 0 aliphatic heterocycles. The monoisotopic (exact) mass is 421 g/mol. The Balaban J connectivity index is 1.88. The molecule has 1 aliphatic rings. The topological polar surface area (TPSA) is 101 Å². The number of hydrogen-bond donors (Lipinski definition) is 1. The molecular formula is C24H27N3O4. The third-order valence-corrected chi connectivity index (χ3v) is 5.42. The van der Waals surface area contributed by atoms with E-state index in [9.17, 15) is 14.4 Å². The Bertz CT molecular complexity index is 1050. The molecular weight excluding hydrogens is 394 g/mol. The van der Waals surface area contributed by atoms with Gasteiger partial charge in [-0.05, 0) is 61.6 Å². The lowest BCUT2D eigenvalue weighted by atomic mass is 9.95. The zero-order valence-electron chi connectivity index (χ0n) is 17.8. The van der Waals surface area contributed by atoms with Gasteiger partial charge in [-0.1, -0.05) is 19.8 Å². The molecule has 0 spiro atoms. The zero-order chi connectivity index (χ0) is 22.2. The maximum atomic E-state index is 13.1. The molecule has 1 aliphatic carbocycles. The molecule has 1 heterocycles. The third kappa shape index (κ3) is 5.60. The fourth-order valence-electron chi connectivity index (χ4n) is 3.80. The molecule has 1 N–H and O–H groups in total. The van der Waals surface area contributed by atoms with Crippen LogP contribution in [0.25, 0.3) is 0 Å². The minimum atomic E-state index is -0.487. The number of benzene rings is 1. The van der Waals surface area contributed by atoms with Gasteiger partial charge >= 0.3 is 5.97 Å². The molecule has 2 aromatic rings. The average Bonchev–Trinajstić information content (AvgIpc) is 2.75. The Morgan fingerprint density at radius 2 is 1.84 bits per heavy atom. The number of rotatable bonds is 6. The molecule has 0 radical (unpaired) electrons. The highest BCUT2D eigenvalue weighted by atomic mass is 16.5. The van der Waals surface area contributed by atoms with Crippen molar-refractivity contribution in [3.05, 3.63) is 57.5 Å². The highest BCUT2D eigenvalue weighted by molar-refractivity contribution is 6.04. The number of fused-ring (bicyclic) bond motifs is 1. The van der Waals surface area contributed by atoms with Gasteiger partial charge in [0, 0.05) is 24.3 Å². The molecule has 1 aromatic heterocycles. The smallest absolute Gasteiger partial charge is 0.310 e. The Morgan fingerprint density at radius 3 is 2.52 bits per heavy atom. The van der Waals surface area contributed by atoms with Gasteiger partial charge in [-0.25, -0.2) is 0 Å². The molecule has 7 nitrogen and oxygen atoms in total. The van der Waals surface area contributed by atoms with Crippen molar-refractivity contribution in [3.8, 4) is 11.8 Å². The van der Waals surface area contributed by atoms with Crippen molar-refractivity contribution in [3.63, 3.8) is 0 Å². The summed E-state index contributed by atoms with van der Waals surface area (Å²) in [7, 11) is 0. The van der Waals surface area contributed by atoms with Crippen LogP contribution in [0, 0.1) is 11.3 Å². The van der Waals surface area contributed by atoms with Gasteiger partial charge in [0.2, 0.25) is 0 Å². The summed E-state index contributed by atoms with van der Waals surface area (Å²) in [6.45, 7) is 2.00. The predicted octanol–water partition coefficient (Wildman–Crippen LogP) is 3.99. The summed E-state index contributed by atoms with van der Waals surface area (Å²) in [6.07, 6.45) is 6.37. The molecule has 0 saturated carbocycles. The fourth-order valence-corrected chi connectivity index (χ4v) is 3.80. The number of aryl methyl sites for hydroxylation is 1. The van der Waals surface area contributed by atoms with Crippen molar-refractivity contribution in [2.45, 2.75) is 64.8 Å². The normalized spacial score (nSPS) is 13.3. The quantitative estimate of drug-likeness (QED) is 0.561. The molecule has 0 fully saturated rings. The Labute approximate surface area is 181 Å². The first-order valence-corrected chi connectivity index (χ1v) is 10.8. The fraction of sp³-hybridized carbons (Fsp3) is 0.417. The van der Waals surface area contributed by atoms with E-state index in [0.29, 0.717) is 11.4 Å². The van der Waals surface area contributed by atoms with Gasteiger partial charge < -0.3 is 14.6 Å². The van der Waals surface area contributed by atoms with Crippen LogP contribution in [0.5, 0.6) is 5.75 Å². The van der Waals surface area contributed by atoms with Crippen LogP contribution >= 0.6 is 0 Å². The average molecular weight is 421 g/mol. The van der Waals surface area contributed by atoms with E-state index in [1.165, 1.54) is 0 Å². The number of carbonyl (C=O) groups is 2. The van der Waals surface area contributed by atoms with Crippen LogP contribution in [0.1, 0.15) is 67.1 Å². The van der Waals surface area contributed by atoms with Crippen molar-refractivity contribution in [2.75, 3.05) is 5.32 Å². The number of nitriles is 1. The maximum Gasteiger partial charge on any atom is 0.310 e. The number of nitrogens with one attached hydrogen (secondary N) is 1. The molecule has 1 amide bonds. The van der Waals surface area contributed by atoms with E-state index >= 15 is 0 Å². The first-order valence-electron chi connectivity index (χ1n) is 10.8. The number of ether oxygens (including phenoxy) is 1. The molecule has 3 rings (SSSR count). The van der Waals surface area contributed by atoms with E-state index in [1.807, 2.05) is 0 Å². The summed E-state index contributed by atoms with van der Waals surface area (Å²) in [6, 6.07) is 10.2. The summed E-state index contributed by atoms with van der Waals surface area (Å²) in [5, 5.41) is 11.8. The lowest BCUT2D eigenvalue weighted by Crippen LogP contribution is -2.33. The lowest BCUT2D eigenvalue weighted by molar-refractivity contribution is -0.134. The first kappa shape index (κ1) is 22.3. The highest BCUT2D eigenvalue weighted by Crippen LogP contribution is 2.21. The number of esters is 1. The number of amides is 1. The van der Waals surface area contributed by atoms with Gasteiger partial charge in [0.15, 0.2) is 0 Å². The Kier molecular flexibility index (Phi) is 7.60. The van der Waals surface area contributed by atoms with Crippen molar-refractivity contribution in [1.82, 2.24) is 4.57 Å². The van der Waals surface area contributed by atoms with E-state index in [-0.39, 0.29) is 36.5 Å². The maximum absolute atomic E-state index is 13.1. The Morgan fingerprint density at radius 1 is 1.13 bits per heavy atom. The van der Waals surface area contributed by atoms with Crippen molar-refractivity contribution < 1.29 is 14.3 Å². The minimum Gasteiger partial charge on any atom is -0.427 e. The SMILES string of the molecule is CCC(=O)Oc1ccc(NC(=O)c2cc3c(n(CCC#N)c2=O)CCCCCC3)cc1. The second-order valence-electron chi connectivity index (χ2n) is 7.62. The second kappa shape index (κ2) is 10.6. The Hall–Kier alpha value is -3.40. The highest BCUT2D eigenvalue weighted by Gasteiger charge is 2.20. The van der Waals surface area contributed by atoms with Crippen LogP contribution < -0.4 is 15.6 Å². The minimum absolute atomic E-state index is 0.0822. The number of pyridine rings is 1. The van der Waals surface area contributed by atoms with Gasteiger partial charge in [0.1, 0.15) is 11.3 Å². The number of anilines is 1. The molecule has 1 aromatic carbocycles. The van der Waals surface area contributed by atoms with Gasteiger partial charge in [-0.15, -0.1) is 0 Å². The molecule has 162 valence electrons. The largest absolute Gasteiger partial charge is 0.427 e. The predicted molar refractivity (Wildman–Crippen MR) is 117 cm³/mol. The van der Waals surface area contributed by atoms with Gasteiger partial charge in [0.05, 0.1) is 12.5 Å². The van der Waals surface area contributed by atoms with Crippen LogP contribution in [0.2, 0.25) is 0 Å². The van der Waals surface area contributed by atoms with Crippen LogP contribution in [-0.4, -0.2) is 16.4 Å². The van der Waals surface area contributed by atoms with E-state index < -0.39 is 5.91 Å². The molecule has 31 heavy (non-hydrogen) atoms. The summed E-state index contributed by atoms with van der Waals surface area (Å²) in [5.41, 5.74) is 2.19. The molecule has 0 unspecified atom stereocenters. The van der Waals surface area contributed by atoms with Crippen LogP contribution in [-0.2, 0) is 24.2 Å². The first-order chi connectivity index (χ1) is 15.0. The van der Waals surface area contributed by atoms with Crippen molar-refractivity contribution >= 4 is 17.6 Å². The summed E-state index contributed by atoms with van der Waals surface area (Å²) >= 11 is 0. The van der Waals surface area contributed by atoms with Gasteiger partial charge in [-0.3, -0.25) is 14.4 Å².